The topological polar surface area (TPSA) is 41.9 Å². The fourth-order valence-corrected chi connectivity index (χ4v) is 3.17. The minimum atomic E-state index is -0.575. The van der Waals surface area contributed by atoms with E-state index in [-0.39, 0.29) is 6.61 Å². The number of methoxy groups -OCH3 is 1. The summed E-state index contributed by atoms with van der Waals surface area (Å²) in [4.78, 5) is 2.06. The van der Waals surface area contributed by atoms with Crippen molar-refractivity contribution < 1.29 is 14.6 Å². The number of rotatable bonds is 9. The molecule has 28 heavy (non-hydrogen) atoms. The van der Waals surface area contributed by atoms with E-state index in [9.17, 15) is 5.11 Å². The monoisotopic (exact) mass is 377 g/mol. The highest BCUT2D eigenvalue weighted by Crippen LogP contribution is 2.22. The molecule has 0 saturated carbocycles. The van der Waals surface area contributed by atoms with Gasteiger partial charge in [0.25, 0.3) is 0 Å². The molecule has 0 fully saturated rings. The van der Waals surface area contributed by atoms with Crippen LogP contribution in [0, 0.1) is 0 Å². The number of ether oxygens (including phenoxy) is 2. The molecule has 0 aromatic heterocycles. The third kappa shape index (κ3) is 5.59. The molecule has 0 radical (unpaired) electrons. The Hall–Kier alpha value is -2.82. The largest absolute Gasteiger partial charge is 0.496 e. The van der Waals surface area contributed by atoms with Crippen LogP contribution in [0.15, 0.2) is 78.9 Å². The van der Waals surface area contributed by atoms with E-state index in [2.05, 4.69) is 17.0 Å². The maximum Gasteiger partial charge on any atom is 0.123 e. The Morgan fingerprint density at radius 1 is 0.857 bits per heavy atom. The Labute approximate surface area is 167 Å². The van der Waals surface area contributed by atoms with Crippen LogP contribution in [0.1, 0.15) is 5.56 Å². The van der Waals surface area contributed by atoms with E-state index in [4.69, 9.17) is 9.47 Å². The van der Waals surface area contributed by atoms with E-state index in [1.807, 2.05) is 73.8 Å². The summed E-state index contributed by atoms with van der Waals surface area (Å²) in [7, 11) is 3.65. The van der Waals surface area contributed by atoms with Gasteiger partial charge in [-0.1, -0.05) is 60.7 Å². The zero-order valence-corrected chi connectivity index (χ0v) is 16.4. The Bertz CT molecular complexity index is 849. The smallest absolute Gasteiger partial charge is 0.123 e. The first-order chi connectivity index (χ1) is 13.7. The van der Waals surface area contributed by atoms with Crippen molar-refractivity contribution in [2.75, 3.05) is 27.3 Å². The van der Waals surface area contributed by atoms with Gasteiger partial charge in [0.05, 0.1) is 7.11 Å². The molecule has 3 aromatic rings. The summed E-state index contributed by atoms with van der Waals surface area (Å²) in [5.41, 5.74) is 3.41. The van der Waals surface area contributed by atoms with Crippen LogP contribution in [0.25, 0.3) is 11.1 Å². The average molecular weight is 377 g/mol. The van der Waals surface area contributed by atoms with Gasteiger partial charge in [0.15, 0.2) is 0 Å². The van der Waals surface area contributed by atoms with Crippen LogP contribution in [-0.2, 0) is 6.54 Å². The molecule has 146 valence electrons. The average Bonchev–Trinajstić information content (AvgIpc) is 2.73. The number of aliphatic hydroxyl groups is 1. The van der Waals surface area contributed by atoms with Crippen molar-refractivity contribution in [3.05, 3.63) is 84.4 Å². The van der Waals surface area contributed by atoms with Crippen molar-refractivity contribution in [2.24, 2.45) is 0 Å². The van der Waals surface area contributed by atoms with Crippen LogP contribution >= 0.6 is 0 Å². The first-order valence-electron chi connectivity index (χ1n) is 9.42. The van der Waals surface area contributed by atoms with Gasteiger partial charge in [-0.25, -0.2) is 0 Å². The van der Waals surface area contributed by atoms with Crippen molar-refractivity contribution in [3.8, 4) is 22.6 Å². The molecular weight excluding hydrogens is 350 g/mol. The van der Waals surface area contributed by atoms with E-state index in [0.29, 0.717) is 13.1 Å². The molecule has 0 bridgehead atoms. The van der Waals surface area contributed by atoms with E-state index in [1.165, 1.54) is 5.56 Å². The predicted molar refractivity (Wildman–Crippen MR) is 113 cm³/mol. The van der Waals surface area contributed by atoms with Gasteiger partial charge >= 0.3 is 0 Å². The molecule has 0 heterocycles. The van der Waals surface area contributed by atoms with Gasteiger partial charge in [0.2, 0.25) is 0 Å². The highest BCUT2D eigenvalue weighted by Gasteiger charge is 2.12. The van der Waals surface area contributed by atoms with Gasteiger partial charge in [-0.3, -0.25) is 4.90 Å². The number of para-hydroxylation sites is 1. The number of nitrogens with zero attached hydrogens (tertiary/aromatic N) is 1. The molecule has 0 amide bonds. The molecular formula is C24H27NO3. The van der Waals surface area contributed by atoms with E-state index >= 15 is 0 Å². The molecule has 0 aliphatic carbocycles. The molecule has 0 saturated heterocycles. The Morgan fingerprint density at radius 2 is 1.50 bits per heavy atom. The lowest BCUT2D eigenvalue weighted by Crippen LogP contribution is -2.32. The molecule has 3 rings (SSSR count). The summed E-state index contributed by atoms with van der Waals surface area (Å²) in [5, 5.41) is 10.3. The second-order valence-corrected chi connectivity index (χ2v) is 6.86. The fourth-order valence-electron chi connectivity index (χ4n) is 3.17. The summed E-state index contributed by atoms with van der Waals surface area (Å²) in [5.74, 6) is 1.62. The SMILES string of the molecule is COc1ccccc1CN(C)C[C@@H](O)COc1ccc(-c2ccccc2)cc1. The van der Waals surface area contributed by atoms with Gasteiger partial charge < -0.3 is 14.6 Å². The highest BCUT2D eigenvalue weighted by molar-refractivity contribution is 5.63. The maximum absolute atomic E-state index is 10.3. The molecule has 3 aromatic carbocycles. The Kier molecular flexibility index (Phi) is 7.06. The fraction of sp³-hybridized carbons (Fsp3) is 0.250. The van der Waals surface area contributed by atoms with Gasteiger partial charge in [0.1, 0.15) is 24.2 Å². The number of hydrogen-bond acceptors (Lipinski definition) is 4. The summed E-state index contributed by atoms with van der Waals surface area (Å²) in [6, 6.07) is 26.1. The summed E-state index contributed by atoms with van der Waals surface area (Å²) in [6.07, 6.45) is -0.575. The zero-order chi connectivity index (χ0) is 19.8. The van der Waals surface area contributed by atoms with Crippen LogP contribution in [0.2, 0.25) is 0 Å². The number of benzene rings is 3. The second kappa shape index (κ2) is 9.93. The van der Waals surface area contributed by atoms with Crippen LogP contribution in [0.4, 0.5) is 0 Å². The van der Waals surface area contributed by atoms with Crippen molar-refractivity contribution in [3.63, 3.8) is 0 Å². The third-order valence-electron chi connectivity index (χ3n) is 4.56. The van der Waals surface area contributed by atoms with Gasteiger partial charge in [0, 0.05) is 18.7 Å². The molecule has 0 unspecified atom stereocenters. The van der Waals surface area contributed by atoms with Crippen molar-refractivity contribution in [2.45, 2.75) is 12.6 Å². The molecule has 1 atom stereocenters. The molecule has 4 nitrogen and oxygen atoms in total. The van der Waals surface area contributed by atoms with Gasteiger partial charge in [-0.05, 0) is 36.4 Å². The molecule has 1 N–H and O–H groups in total. The van der Waals surface area contributed by atoms with Crippen LogP contribution in [0.3, 0.4) is 0 Å². The molecule has 0 aliphatic rings. The van der Waals surface area contributed by atoms with E-state index < -0.39 is 6.10 Å². The van der Waals surface area contributed by atoms with Gasteiger partial charge in [-0.2, -0.15) is 0 Å². The number of aliphatic hydroxyl groups excluding tert-OH is 1. The third-order valence-corrected chi connectivity index (χ3v) is 4.56. The number of hydrogen-bond donors (Lipinski definition) is 1. The van der Waals surface area contributed by atoms with Crippen molar-refractivity contribution in [1.82, 2.24) is 4.90 Å². The first-order valence-corrected chi connectivity index (χ1v) is 9.42. The van der Waals surface area contributed by atoms with Crippen LogP contribution in [-0.4, -0.2) is 43.4 Å². The lowest BCUT2D eigenvalue weighted by Gasteiger charge is -2.21. The zero-order valence-electron chi connectivity index (χ0n) is 16.4. The maximum atomic E-state index is 10.3. The van der Waals surface area contributed by atoms with Crippen molar-refractivity contribution >= 4 is 0 Å². The molecule has 4 heteroatoms. The lowest BCUT2D eigenvalue weighted by molar-refractivity contribution is 0.0742. The minimum absolute atomic E-state index is 0.251. The van der Waals surface area contributed by atoms with Gasteiger partial charge in [-0.15, -0.1) is 0 Å². The summed E-state index contributed by atoms with van der Waals surface area (Å²) >= 11 is 0. The molecule has 0 aliphatic heterocycles. The van der Waals surface area contributed by atoms with Crippen LogP contribution in [0.5, 0.6) is 11.5 Å². The number of likely N-dealkylation sites (N-methyl/N-ethyl adjacent to an activating group) is 1. The Morgan fingerprint density at radius 3 is 2.21 bits per heavy atom. The molecule has 0 spiro atoms. The van der Waals surface area contributed by atoms with E-state index in [0.717, 1.165) is 22.6 Å². The Balaban J connectivity index is 1.48. The lowest BCUT2D eigenvalue weighted by atomic mass is 10.1. The quantitative estimate of drug-likeness (QED) is 0.606. The predicted octanol–water partition coefficient (Wildman–Crippen LogP) is 4.23. The van der Waals surface area contributed by atoms with E-state index in [1.54, 1.807) is 7.11 Å². The highest BCUT2D eigenvalue weighted by atomic mass is 16.5. The second-order valence-electron chi connectivity index (χ2n) is 6.86. The summed E-state index contributed by atoms with van der Waals surface area (Å²) in [6.45, 7) is 1.47. The van der Waals surface area contributed by atoms with Crippen LogP contribution < -0.4 is 9.47 Å². The standard InChI is InChI=1S/C24H27NO3/c1-25(16-21-10-6-7-11-24(21)27-2)17-22(26)18-28-23-14-12-20(13-15-23)19-8-4-3-5-9-19/h3-15,22,26H,16-18H2,1-2H3/t22-/m1/s1. The van der Waals surface area contributed by atoms with Crippen molar-refractivity contribution in [1.29, 1.82) is 0 Å². The first kappa shape index (κ1) is 19.9. The minimum Gasteiger partial charge on any atom is -0.496 e. The normalized spacial score (nSPS) is 12.0. The summed E-state index contributed by atoms with van der Waals surface area (Å²) < 4.78 is 11.1.